The van der Waals surface area contributed by atoms with Crippen LogP contribution in [0.4, 0.5) is 4.39 Å². The second-order valence-corrected chi connectivity index (χ2v) is 4.36. The molecule has 1 aromatic carbocycles. The molecule has 3 aromatic rings. The average molecular weight is 271 g/mol. The summed E-state index contributed by atoms with van der Waals surface area (Å²) in [5.74, 6) is -0.746. The molecule has 1 N–H and O–H groups in total. The first-order chi connectivity index (χ1) is 9.61. The summed E-state index contributed by atoms with van der Waals surface area (Å²) in [6.07, 6.45) is 1.88. The highest BCUT2D eigenvalue weighted by molar-refractivity contribution is 5.87. The van der Waals surface area contributed by atoms with Crippen molar-refractivity contribution in [1.29, 1.82) is 0 Å². The van der Waals surface area contributed by atoms with Crippen LogP contribution >= 0.6 is 0 Å². The Hall–Kier alpha value is -2.76. The lowest BCUT2D eigenvalue weighted by Crippen LogP contribution is -1.99. The fourth-order valence-electron chi connectivity index (χ4n) is 1.92. The number of hydrogen-bond acceptors (Lipinski definition) is 3. The number of pyridine rings is 1. The highest BCUT2D eigenvalue weighted by atomic mass is 19.1. The van der Waals surface area contributed by atoms with E-state index in [0.29, 0.717) is 17.9 Å². The number of fused-ring (bicyclic) bond motifs is 1. The van der Waals surface area contributed by atoms with Gasteiger partial charge in [0.25, 0.3) is 0 Å². The Morgan fingerprint density at radius 1 is 1.20 bits per heavy atom. The van der Waals surface area contributed by atoms with E-state index in [1.807, 2.05) is 0 Å². The maximum atomic E-state index is 12.8. The fourth-order valence-corrected chi connectivity index (χ4v) is 1.92. The molecule has 0 aliphatic heterocycles. The number of rotatable bonds is 3. The van der Waals surface area contributed by atoms with Crippen molar-refractivity contribution >= 4 is 11.6 Å². The van der Waals surface area contributed by atoms with Gasteiger partial charge < -0.3 is 5.11 Å². The van der Waals surface area contributed by atoms with Crippen molar-refractivity contribution in [1.82, 2.24) is 14.6 Å². The lowest BCUT2D eigenvalue weighted by atomic mass is 10.1. The summed E-state index contributed by atoms with van der Waals surface area (Å²) in [4.78, 5) is 15.2. The van der Waals surface area contributed by atoms with E-state index in [2.05, 4.69) is 10.1 Å². The molecule has 0 aliphatic rings. The molecule has 2 aromatic heterocycles. The molecule has 0 saturated carbocycles. The predicted molar refractivity (Wildman–Crippen MR) is 69.2 cm³/mol. The molecular weight excluding hydrogens is 261 g/mol. The van der Waals surface area contributed by atoms with Gasteiger partial charge in [-0.25, -0.2) is 18.7 Å². The minimum Gasteiger partial charge on any atom is -0.478 e. The van der Waals surface area contributed by atoms with Crippen LogP contribution < -0.4 is 0 Å². The summed E-state index contributed by atoms with van der Waals surface area (Å²) < 4.78 is 14.3. The van der Waals surface area contributed by atoms with Crippen molar-refractivity contribution in [3.8, 4) is 0 Å². The lowest BCUT2D eigenvalue weighted by molar-refractivity contribution is 0.0696. The van der Waals surface area contributed by atoms with Gasteiger partial charge in [-0.3, -0.25) is 0 Å². The molecule has 0 aliphatic carbocycles. The molecule has 2 heterocycles. The zero-order valence-corrected chi connectivity index (χ0v) is 10.3. The largest absolute Gasteiger partial charge is 0.478 e. The SMILES string of the molecule is O=C(O)c1ccc2nc(Cc3ccc(F)cc3)nn2c1. The van der Waals surface area contributed by atoms with Gasteiger partial charge in [-0.15, -0.1) is 0 Å². The molecule has 0 bridgehead atoms. The van der Waals surface area contributed by atoms with Gasteiger partial charge in [0.2, 0.25) is 0 Å². The summed E-state index contributed by atoms with van der Waals surface area (Å²) in [5.41, 5.74) is 1.61. The van der Waals surface area contributed by atoms with Crippen LogP contribution in [0, 0.1) is 5.82 Å². The van der Waals surface area contributed by atoms with Crippen molar-refractivity contribution in [2.75, 3.05) is 0 Å². The predicted octanol–water partition coefficient (Wildman–Crippen LogP) is 2.16. The van der Waals surface area contributed by atoms with Gasteiger partial charge in [-0.05, 0) is 29.8 Å². The molecule has 0 saturated heterocycles. The summed E-state index contributed by atoms with van der Waals surface area (Å²) in [6, 6.07) is 9.19. The zero-order valence-electron chi connectivity index (χ0n) is 10.3. The van der Waals surface area contributed by atoms with E-state index in [1.165, 1.54) is 28.9 Å². The molecule has 0 amide bonds. The standard InChI is InChI=1S/C14H10FN3O2/c15-11-4-1-9(2-5-11)7-12-16-13-6-3-10(14(19)20)8-18(13)17-12/h1-6,8H,7H2,(H,19,20). The van der Waals surface area contributed by atoms with Crippen molar-refractivity contribution in [2.24, 2.45) is 0 Å². The number of nitrogens with zero attached hydrogens (tertiary/aromatic N) is 3. The normalized spacial score (nSPS) is 10.8. The molecule has 20 heavy (non-hydrogen) atoms. The van der Waals surface area contributed by atoms with Crippen molar-refractivity contribution in [2.45, 2.75) is 6.42 Å². The molecule has 6 heteroatoms. The number of halogens is 1. The summed E-state index contributed by atoms with van der Waals surface area (Å²) in [5, 5.41) is 13.1. The maximum Gasteiger partial charge on any atom is 0.337 e. The molecule has 100 valence electrons. The van der Waals surface area contributed by atoms with Crippen LogP contribution in [-0.2, 0) is 6.42 Å². The van der Waals surface area contributed by atoms with Gasteiger partial charge in [0.15, 0.2) is 11.5 Å². The minimum absolute atomic E-state index is 0.149. The second-order valence-electron chi connectivity index (χ2n) is 4.36. The highest BCUT2D eigenvalue weighted by Crippen LogP contribution is 2.10. The van der Waals surface area contributed by atoms with Gasteiger partial charge in [0.1, 0.15) is 5.82 Å². The first-order valence-electron chi connectivity index (χ1n) is 5.95. The van der Waals surface area contributed by atoms with Crippen LogP contribution in [-0.4, -0.2) is 25.7 Å². The number of hydrogen-bond donors (Lipinski definition) is 1. The lowest BCUT2D eigenvalue weighted by Gasteiger charge is -1.96. The van der Waals surface area contributed by atoms with Crippen LogP contribution in [0.15, 0.2) is 42.6 Å². The van der Waals surface area contributed by atoms with E-state index < -0.39 is 5.97 Å². The van der Waals surface area contributed by atoms with Crippen molar-refractivity contribution in [3.05, 3.63) is 65.4 Å². The molecular formula is C14H10FN3O2. The Kier molecular flexibility index (Phi) is 2.90. The van der Waals surface area contributed by atoms with Crippen LogP contribution in [0.1, 0.15) is 21.7 Å². The third-order valence-corrected chi connectivity index (χ3v) is 2.90. The number of aromatic carboxylic acids is 1. The quantitative estimate of drug-likeness (QED) is 0.792. The Bertz CT molecular complexity index is 781. The smallest absolute Gasteiger partial charge is 0.337 e. The Labute approximate surface area is 113 Å². The molecule has 0 atom stereocenters. The van der Waals surface area contributed by atoms with Gasteiger partial charge in [-0.1, -0.05) is 12.1 Å². The van der Waals surface area contributed by atoms with E-state index >= 15 is 0 Å². The summed E-state index contributed by atoms with van der Waals surface area (Å²) in [6.45, 7) is 0. The fraction of sp³-hybridized carbons (Fsp3) is 0.0714. The van der Waals surface area contributed by atoms with Crippen LogP contribution in [0.3, 0.4) is 0 Å². The monoisotopic (exact) mass is 271 g/mol. The van der Waals surface area contributed by atoms with E-state index in [1.54, 1.807) is 18.2 Å². The van der Waals surface area contributed by atoms with Crippen LogP contribution in [0.25, 0.3) is 5.65 Å². The second kappa shape index (κ2) is 4.73. The molecule has 0 radical (unpaired) electrons. The Morgan fingerprint density at radius 2 is 1.95 bits per heavy atom. The zero-order chi connectivity index (χ0) is 14.1. The van der Waals surface area contributed by atoms with Gasteiger partial charge in [0.05, 0.1) is 5.56 Å². The number of benzene rings is 1. The van der Waals surface area contributed by atoms with Gasteiger partial charge in [-0.2, -0.15) is 5.10 Å². The summed E-state index contributed by atoms with van der Waals surface area (Å²) in [7, 11) is 0. The molecule has 0 unspecified atom stereocenters. The number of carboxylic acid groups (broad SMARTS) is 1. The first kappa shape index (κ1) is 12.3. The minimum atomic E-state index is -1.01. The highest BCUT2D eigenvalue weighted by Gasteiger charge is 2.08. The number of aromatic nitrogens is 3. The molecule has 5 nitrogen and oxygen atoms in total. The van der Waals surface area contributed by atoms with Crippen LogP contribution in [0.5, 0.6) is 0 Å². The topological polar surface area (TPSA) is 67.5 Å². The molecule has 0 fully saturated rings. The molecule has 3 rings (SSSR count). The maximum absolute atomic E-state index is 12.8. The van der Waals surface area contributed by atoms with E-state index in [0.717, 1.165) is 5.56 Å². The third-order valence-electron chi connectivity index (χ3n) is 2.90. The van der Waals surface area contributed by atoms with Crippen molar-refractivity contribution < 1.29 is 14.3 Å². The molecule has 0 spiro atoms. The number of carboxylic acids is 1. The van der Waals surface area contributed by atoms with E-state index in [4.69, 9.17) is 5.11 Å². The van der Waals surface area contributed by atoms with Crippen molar-refractivity contribution in [3.63, 3.8) is 0 Å². The van der Waals surface area contributed by atoms with Gasteiger partial charge >= 0.3 is 5.97 Å². The average Bonchev–Trinajstić information content (AvgIpc) is 2.82. The third kappa shape index (κ3) is 2.35. The number of carbonyl (C=O) groups is 1. The Morgan fingerprint density at radius 3 is 2.65 bits per heavy atom. The van der Waals surface area contributed by atoms with E-state index in [9.17, 15) is 9.18 Å². The Balaban J connectivity index is 1.92. The van der Waals surface area contributed by atoms with Crippen LogP contribution in [0.2, 0.25) is 0 Å². The summed E-state index contributed by atoms with van der Waals surface area (Å²) >= 11 is 0. The van der Waals surface area contributed by atoms with Gasteiger partial charge in [0, 0.05) is 12.6 Å². The first-order valence-corrected chi connectivity index (χ1v) is 5.95. The van der Waals surface area contributed by atoms with E-state index in [-0.39, 0.29) is 11.4 Å².